The fourth-order valence-electron chi connectivity index (χ4n) is 6.92. The number of rotatable bonds is 6. The number of nitrogens with zero attached hydrogens (tertiary/aromatic N) is 3. The molecule has 35 heavy (non-hydrogen) atoms. The van der Waals surface area contributed by atoms with Gasteiger partial charge in [-0.2, -0.15) is 0 Å². The van der Waals surface area contributed by atoms with Gasteiger partial charge in [0.15, 0.2) is 0 Å². The average molecular weight is 473 g/mol. The Morgan fingerprint density at radius 1 is 0.971 bits per heavy atom. The lowest BCUT2D eigenvalue weighted by molar-refractivity contribution is -0.133. The topological polar surface area (TPSA) is 65.5 Å². The highest BCUT2D eigenvalue weighted by atomic mass is 16.2. The Kier molecular flexibility index (Phi) is 6.21. The van der Waals surface area contributed by atoms with Crippen molar-refractivity contribution in [2.24, 2.45) is 23.7 Å². The number of hydrogen-bond acceptors (Lipinski definition) is 4. The molecule has 2 saturated carbocycles. The second kappa shape index (κ2) is 9.63. The van der Waals surface area contributed by atoms with Gasteiger partial charge in [0.2, 0.25) is 11.8 Å². The van der Waals surface area contributed by atoms with Gasteiger partial charge in [0.25, 0.3) is 0 Å². The number of anilines is 2. The summed E-state index contributed by atoms with van der Waals surface area (Å²) in [6.07, 6.45) is 11.9. The highest BCUT2D eigenvalue weighted by Crippen LogP contribution is 2.49. The van der Waals surface area contributed by atoms with E-state index in [1.807, 2.05) is 30.5 Å². The molecule has 3 atom stereocenters. The first kappa shape index (κ1) is 22.6. The largest absolute Gasteiger partial charge is 0.369 e. The van der Waals surface area contributed by atoms with E-state index in [2.05, 4.69) is 32.2 Å². The van der Waals surface area contributed by atoms with Crippen LogP contribution in [0.15, 0.2) is 48.8 Å². The summed E-state index contributed by atoms with van der Waals surface area (Å²) in [5, 5.41) is 3.08. The van der Waals surface area contributed by atoms with Crippen molar-refractivity contribution in [1.29, 1.82) is 0 Å². The van der Waals surface area contributed by atoms with E-state index in [4.69, 9.17) is 0 Å². The highest BCUT2D eigenvalue weighted by Gasteiger charge is 2.41. The third kappa shape index (κ3) is 4.80. The molecule has 2 aromatic rings. The summed E-state index contributed by atoms with van der Waals surface area (Å²) in [7, 11) is 0. The van der Waals surface area contributed by atoms with E-state index in [0.29, 0.717) is 17.7 Å². The molecule has 6 heteroatoms. The number of pyridine rings is 1. The van der Waals surface area contributed by atoms with Crippen LogP contribution in [0.3, 0.4) is 0 Å². The van der Waals surface area contributed by atoms with Crippen molar-refractivity contribution in [3.63, 3.8) is 0 Å². The Morgan fingerprint density at radius 3 is 2.43 bits per heavy atom. The number of aromatic nitrogens is 1. The van der Waals surface area contributed by atoms with Gasteiger partial charge in [-0.1, -0.05) is 18.6 Å². The molecular formula is C29H36N4O2. The first-order chi connectivity index (χ1) is 17.1. The van der Waals surface area contributed by atoms with Crippen molar-refractivity contribution < 1.29 is 9.59 Å². The molecule has 1 aromatic heterocycles. The van der Waals surface area contributed by atoms with Crippen LogP contribution in [0.4, 0.5) is 11.4 Å². The summed E-state index contributed by atoms with van der Waals surface area (Å²) in [6, 6.07) is 12.3. The van der Waals surface area contributed by atoms with Crippen LogP contribution in [0.2, 0.25) is 0 Å². The number of fused-ring (bicyclic) bond motifs is 2. The van der Waals surface area contributed by atoms with Gasteiger partial charge >= 0.3 is 0 Å². The van der Waals surface area contributed by atoms with Crippen LogP contribution in [0.5, 0.6) is 0 Å². The lowest BCUT2D eigenvalue weighted by Gasteiger charge is -2.39. The molecule has 4 fully saturated rings. The van der Waals surface area contributed by atoms with Gasteiger partial charge < -0.3 is 15.1 Å². The van der Waals surface area contributed by atoms with Crippen LogP contribution >= 0.6 is 0 Å². The lowest BCUT2D eigenvalue weighted by atomic mass is 9.85. The zero-order valence-electron chi connectivity index (χ0n) is 20.4. The van der Waals surface area contributed by atoms with Crippen LogP contribution in [0, 0.1) is 23.7 Å². The summed E-state index contributed by atoms with van der Waals surface area (Å²) in [4.78, 5) is 34.0. The van der Waals surface area contributed by atoms with E-state index < -0.39 is 0 Å². The van der Waals surface area contributed by atoms with Crippen molar-refractivity contribution in [1.82, 2.24) is 9.88 Å². The van der Waals surface area contributed by atoms with E-state index in [1.165, 1.54) is 31.2 Å². The Morgan fingerprint density at radius 2 is 1.77 bits per heavy atom. The van der Waals surface area contributed by atoms with Gasteiger partial charge in [-0.15, -0.1) is 0 Å². The quantitative estimate of drug-likeness (QED) is 0.663. The van der Waals surface area contributed by atoms with Gasteiger partial charge in [0, 0.05) is 44.5 Å². The predicted octanol–water partition coefficient (Wildman–Crippen LogP) is 4.69. The molecule has 1 N–H and O–H groups in total. The van der Waals surface area contributed by atoms with Crippen molar-refractivity contribution in [2.45, 2.75) is 50.9 Å². The zero-order chi connectivity index (χ0) is 23.8. The Bertz CT molecular complexity index is 1040. The number of likely N-dealkylation sites (tertiary alicyclic amines) is 1. The average Bonchev–Trinajstić information content (AvgIpc) is 3.48. The molecule has 184 valence electrons. The van der Waals surface area contributed by atoms with Crippen LogP contribution in [0.1, 0.15) is 56.4 Å². The normalized spacial score (nSPS) is 26.6. The molecule has 2 bridgehead atoms. The fourth-order valence-corrected chi connectivity index (χ4v) is 6.92. The third-order valence-electron chi connectivity index (χ3n) is 9.08. The first-order valence-electron chi connectivity index (χ1n) is 13.5. The molecule has 2 aliphatic carbocycles. The summed E-state index contributed by atoms with van der Waals surface area (Å²) in [6.45, 7) is 3.21. The SMILES string of the molecule is O=C(Nc1ccc(C2CCN(C(=O)CC3CC4CC[C@H]3C4)CC2)cc1)C1CN(c2cccnc2)C1. The Balaban J connectivity index is 0.950. The molecule has 6 nitrogen and oxygen atoms in total. The number of amides is 2. The van der Waals surface area contributed by atoms with Crippen LogP contribution in [-0.2, 0) is 9.59 Å². The van der Waals surface area contributed by atoms with Crippen LogP contribution in [0.25, 0.3) is 0 Å². The molecular weight excluding hydrogens is 436 g/mol. The number of carbonyl (C=O) groups is 2. The van der Waals surface area contributed by atoms with Crippen molar-refractivity contribution in [3.05, 3.63) is 54.4 Å². The molecule has 4 aliphatic rings. The van der Waals surface area contributed by atoms with Gasteiger partial charge in [-0.3, -0.25) is 14.6 Å². The standard InChI is InChI=1S/C29H36N4O2/c34-28(16-24-15-20-3-4-23(24)14-20)32-12-9-22(10-13-32)21-5-7-26(8-6-21)31-29(35)25-18-33(19-25)27-2-1-11-30-17-27/h1-2,5-8,11,17,20,22-25H,3-4,9-10,12-16,18-19H2,(H,31,35)/t20?,23-,24?/m0/s1. The summed E-state index contributed by atoms with van der Waals surface area (Å²) >= 11 is 0. The molecule has 0 radical (unpaired) electrons. The van der Waals surface area contributed by atoms with Crippen LogP contribution < -0.4 is 10.2 Å². The molecule has 2 saturated heterocycles. The number of carbonyl (C=O) groups excluding carboxylic acids is 2. The minimum atomic E-state index is 0.0103. The van der Waals surface area contributed by atoms with Gasteiger partial charge in [-0.25, -0.2) is 0 Å². The molecule has 2 aliphatic heterocycles. The number of hydrogen-bond donors (Lipinski definition) is 1. The van der Waals surface area contributed by atoms with Crippen LogP contribution in [-0.4, -0.2) is 47.9 Å². The maximum absolute atomic E-state index is 12.9. The molecule has 2 unspecified atom stereocenters. The molecule has 6 rings (SSSR count). The van der Waals surface area contributed by atoms with Gasteiger partial charge in [0.05, 0.1) is 17.8 Å². The summed E-state index contributed by atoms with van der Waals surface area (Å²) < 4.78 is 0. The Hall–Kier alpha value is -2.89. The monoisotopic (exact) mass is 472 g/mol. The lowest BCUT2D eigenvalue weighted by Crippen LogP contribution is -2.52. The fraction of sp³-hybridized carbons (Fsp3) is 0.552. The van der Waals surface area contributed by atoms with Crippen molar-refractivity contribution >= 4 is 23.2 Å². The third-order valence-corrected chi connectivity index (χ3v) is 9.08. The van der Waals surface area contributed by atoms with Gasteiger partial charge in [-0.05, 0) is 85.6 Å². The summed E-state index contributed by atoms with van der Waals surface area (Å²) in [5.41, 5.74) is 3.24. The molecule has 2 amide bonds. The second-order valence-electron chi connectivity index (χ2n) is 11.2. The molecule has 3 heterocycles. The minimum Gasteiger partial charge on any atom is -0.369 e. The molecule has 0 spiro atoms. The number of benzene rings is 1. The van der Waals surface area contributed by atoms with E-state index in [9.17, 15) is 9.59 Å². The van der Waals surface area contributed by atoms with E-state index in [0.717, 1.165) is 68.7 Å². The number of nitrogens with one attached hydrogen (secondary N) is 1. The van der Waals surface area contributed by atoms with Crippen molar-refractivity contribution in [3.8, 4) is 0 Å². The molecule has 1 aromatic carbocycles. The second-order valence-corrected chi connectivity index (χ2v) is 11.2. The zero-order valence-corrected chi connectivity index (χ0v) is 20.4. The Labute approximate surface area is 208 Å². The predicted molar refractivity (Wildman–Crippen MR) is 137 cm³/mol. The first-order valence-corrected chi connectivity index (χ1v) is 13.5. The maximum atomic E-state index is 12.9. The maximum Gasteiger partial charge on any atom is 0.231 e. The van der Waals surface area contributed by atoms with E-state index >= 15 is 0 Å². The number of piperidine rings is 1. The highest BCUT2D eigenvalue weighted by molar-refractivity contribution is 5.94. The smallest absolute Gasteiger partial charge is 0.231 e. The summed E-state index contributed by atoms with van der Waals surface area (Å²) in [5.74, 6) is 3.36. The minimum absolute atomic E-state index is 0.0103. The van der Waals surface area contributed by atoms with Gasteiger partial charge in [0.1, 0.15) is 0 Å². The van der Waals surface area contributed by atoms with E-state index in [1.54, 1.807) is 6.20 Å². The van der Waals surface area contributed by atoms with Crippen molar-refractivity contribution in [2.75, 3.05) is 36.4 Å². The van der Waals surface area contributed by atoms with E-state index in [-0.39, 0.29) is 11.8 Å².